The Morgan fingerprint density at radius 1 is 0.862 bits per heavy atom. The molecule has 0 aromatic heterocycles. The minimum absolute atomic E-state index is 0.227. The Labute approximate surface area is 165 Å². The summed E-state index contributed by atoms with van der Waals surface area (Å²) in [5.74, 6) is -2.71. The first-order valence-electron chi connectivity index (χ1n) is 8.81. The molecule has 0 N–H and O–H groups in total. The molecule has 29 heavy (non-hydrogen) atoms. The topological polar surface area (TPSA) is 9.23 Å². The molecule has 6 heteroatoms. The maximum Gasteiger partial charge on any atom is 0.399 e. The molecule has 0 spiro atoms. The highest BCUT2D eigenvalue weighted by atomic mass is 19.4. The summed E-state index contributed by atoms with van der Waals surface area (Å²) >= 11 is 0. The lowest BCUT2D eigenvalue weighted by Gasteiger charge is -2.17. The molecular formula is C23H17F5O. The molecule has 0 saturated heterocycles. The molecule has 3 rings (SSSR count). The van der Waals surface area contributed by atoms with E-state index in [4.69, 9.17) is 4.74 Å². The molecule has 0 heterocycles. The minimum atomic E-state index is -4.70. The Balaban J connectivity index is 1.78. The first-order chi connectivity index (χ1) is 13.8. The van der Waals surface area contributed by atoms with E-state index in [0.717, 1.165) is 24.3 Å². The summed E-state index contributed by atoms with van der Waals surface area (Å²) in [6, 6.07) is 19.3. The Bertz CT molecular complexity index is 963. The van der Waals surface area contributed by atoms with Crippen LogP contribution in [-0.4, -0.2) is 6.18 Å². The van der Waals surface area contributed by atoms with Gasteiger partial charge in [0.25, 0.3) is 0 Å². The molecule has 0 aliphatic carbocycles. The van der Waals surface area contributed by atoms with Crippen LogP contribution in [0.15, 0.2) is 90.8 Å². The second-order valence-electron chi connectivity index (χ2n) is 6.42. The second-order valence-corrected chi connectivity index (χ2v) is 6.42. The van der Waals surface area contributed by atoms with Gasteiger partial charge in [-0.3, -0.25) is 0 Å². The predicted octanol–water partition coefficient (Wildman–Crippen LogP) is 7.36. The molecule has 150 valence electrons. The van der Waals surface area contributed by atoms with E-state index in [2.05, 4.69) is 0 Å². The van der Waals surface area contributed by atoms with Crippen molar-refractivity contribution >= 4 is 0 Å². The van der Waals surface area contributed by atoms with Gasteiger partial charge in [-0.25, -0.2) is 8.78 Å². The normalized spacial score (nSPS) is 13.2. The number of alkyl halides is 3. The standard InChI is InChI=1S/C23H17F5O/c24-18-11-9-17(10-12-18)22(23(26,27)28)15-19(25)13-16-5-4-8-21(14-16)29-20-6-2-1-3-7-20/h1-12,14-15,22H,13H2/b19-15-. The SMILES string of the molecule is F/C(=C\C(c1ccc(F)cc1)C(F)(F)F)Cc1cccc(Oc2ccccc2)c1. The molecular weight excluding hydrogens is 387 g/mol. The van der Waals surface area contributed by atoms with E-state index in [1.807, 2.05) is 6.07 Å². The molecule has 1 unspecified atom stereocenters. The molecule has 3 aromatic rings. The summed E-state index contributed by atoms with van der Waals surface area (Å²) in [5.41, 5.74) is 0.238. The van der Waals surface area contributed by atoms with Gasteiger partial charge in [0.15, 0.2) is 0 Å². The predicted molar refractivity (Wildman–Crippen MR) is 101 cm³/mol. The number of hydrogen-bond acceptors (Lipinski definition) is 1. The highest BCUT2D eigenvalue weighted by Crippen LogP contribution is 2.37. The number of rotatable bonds is 6. The van der Waals surface area contributed by atoms with Crippen molar-refractivity contribution in [3.05, 3.63) is 108 Å². The van der Waals surface area contributed by atoms with E-state index < -0.39 is 23.7 Å². The average Bonchev–Trinajstić information content (AvgIpc) is 2.67. The summed E-state index contributed by atoms with van der Waals surface area (Å²) < 4.78 is 73.3. The fourth-order valence-corrected chi connectivity index (χ4v) is 2.83. The summed E-state index contributed by atoms with van der Waals surface area (Å²) in [4.78, 5) is 0. The van der Waals surface area contributed by atoms with Gasteiger partial charge in [-0.05, 0) is 53.6 Å². The fourth-order valence-electron chi connectivity index (χ4n) is 2.83. The van der Waals surface area contributed by atoms with Crippen LogP contribution in [0, 0.1) is 5.82 Å². The third-order valence-electron chi connectivity index (χ3n) is 4.18. The van der Waals surface area contributed by atoms with Crippen LogP contribution in [0.1, 0.15) is 17.0 Å². The van der Waals surface area contributed by atoms with E-state index in [0.29, 0.717) is 23.1 Å². The number of allylic oxidation sites excluding steroid dienone is 2. The van der Waals surface area contributed by atoms with E-state index in [1.54, 1.807) is 48.5 Å². The largest absolute Gasteiger partial charge is 0.457 e. The van der Waals surface area contributed by atoms with E-state index >= 15 is 0 Å². The highest BCUT2D eigenvalue weighted by molar-refractivity contribution is 5.35. The number of benzene rings is 3. The zero-order valence-corrected chi connectivity index (χ0v) is 15.2. The molecule has 1 atom stereocenters. The lowest BCUT2D eigenvalue weighted by Crippen LogP contribution is -2.19. The van der Waals surface area contributed by atoms with Crippen molar-refractivity contribution in [3.63, 3.8) is 0 Å². The van der Waals surface area contributed by atoms with E-state index in [-0.39, 0.29) is 12.0 Å². The van der Waals surface area contributed by atoms with E-state index in [9.17, 15) is 22.0 Å². The van der Waals surface area contributed by atoms with Gasteiger partial charge < -0.3 is 4.74 Å². The number of halogens is 5. The van der Waals surface area contributed by atoms with Crippen molar-refractivity contribution in [2.75, 3.05) is 0 Å². The van der Waals surface area contributed by atoms with Crippen molar-refractivity contribution in [1.82, 2.24) is 0 Å². The average molecular weight is 404 g/mol. The first kappa shape index (κ1) is 20.6. The third-order valence-corrected chi connectivity index (χ3v) is 4.18. The Morgan fingerprint density at radius 3 is 2.17 bits per heavy atom. The number of para-hydroxylation sites is 1. The Morgan fingerprint density at radius 2 is 1.52 bits per heavy atom. The quantitative estimate of drug-likeness (QED) is 0.390. The summed E-state index contributed by atoms with van der Waals surface area (Å²) in [6.07, 6.45) is -4.49. The maximum atomic E-state index is 14.4. The lowest BCUT2D eigenvalue weighted by molar-refractivity contribution is -0.139. The minimum Gasteiger partial charge on any atom is -0.457 e. The van der Waals surface area contributed by atoms with Crippen LogP contribution in [0.4, 0.5) is 22.0 Å². The van der Waals surface area contributed by atoms with Crippen LogP contribution in [0.3, 0.4) is 0 Å². The molecule has 3 aromatic carbocycles. The highest BCUT2D eigenvalue weighted by Gasteiger charge is 2.39. The lowest BCUT2D eigenvalue weighted by atomic mass is 9.96. The first-order valence-corrected chi connectivity index (χ1v) is 8.81. The van der Waals surface area contributed by atoms with Gasteiger partial charge in [0.2, 0.25) is 0 Å². The van der Waals surface area contributed by atoms with Crippen LogP contribution in [-0.2, 0) is 6.42 Å². The van der Waals surface area contributed by atoms with Crippen LogP contribution >= 0.6 is 0 Å². The van der Waals surface area contributed by atoms with Gasteiger partial charge in [0.1, 0.15) is 29.1 Å². The van der Waals surface area contributed by atoms with E-state index in [1.165, 1.54) is 0 Å². The summed E-state index contributed by atoms with van der Waals surface area (Å²) in [5, 5.41) is 0. The number of hydrogen-bond donors (Lipinski definition) is 0. The second kappa shape index (κ2) is 8.90. The van der Waals surface area contributed by atoms with Crippen molar-refractivity contribution in [1.29, 1.82) is 0 Å². The van der Waals surface area contributed by atoms with Gasteiger partial charge in [-0.15, -0.1) is 0 Å². The zero-order chi connectivity index (χ0) is 20.9. The Kier molecular flexibility index (Phi) is 6.32. The fraction of sp³-hybridized carbons (Fsp3) is 0.130. The molecule has 0 fully saturated rings. The van der Waals surface area contributed by atoms with Gasteiger partial charge in [-0.1, -0.05) is 42.5 Å². The molecule has 1 nitrogen and oxygen atoms in total. The van der Waals surface area contributed by atoms with Gasteiger partial charge in [0, 0.05) is 6.42 Å². The number of ether oxygens (including phenoxy) is 1. The summed E-state index contributed by atoms with van der Waals surface area (Å²) in [6.45, 7) is 0. The maximum absolute atomic E-state index is 14.4. The van der Waals surface area contributed by atoms with Crippen molar-refractivity contribution in [2.45, 2.75) is 18.5 Å². The summed E-state index contributed by atoms with van der Waals surface area (Å²) in [7, 11) is 0. The molecule has 0 aliphatic heterocycles. The van der Waals surface area contributed by atoms with Crippen molar-refractivity contribution in [2.24, 2.45) is 0 Å². The third kappa shape index (κ3) is 5.91. The van der Waals surface area contributed by atoms with Gasteiger partial charge in [-0.2, -0.15) is 13.2 Å². The van der Waals surface area contributed by atoms with Crippen LogP contribution < -0.4 is 4.74 Å². The van der Waals surface area contributed by atoms with Crippen LogP contribution in [0.2, 0.25) is 0 Å². The smallest absolute Gasteiger partial charge is 0.399 e. The van der Waals surface area contributed by atoms with Gasteiger partial charge in [0.05, 0.1) is 0 Å². The Hall–Kier alpha value is -3.15. The van der Waals surface area contributed by atoms with Gasteiger partial charge >= 0.3 is 6.18 Å². The molecule has 0 radical (unpaired) electrons. The zero-order valence-electron chi connectivity index (χ0n) is 15.2. The van der Waals surface area contributed by atoms with Crippen LogP contribution in [0.5, 0.6) is 11.5 Å². The van der Waals surface area contributed by atoms with Crippen molar-refractivity contribution < 1.29 is 26.7 Å². The monoisotopic (exact) mass is 404 g/mol. The molecule has 0 bridgehead atoms. The van der Waals surface area contributed by atoms with Crippen molar-refractivity contribution in [3.8, 4) is 11.5 Å². The van der Waals surface area contributed by atoms with Crippen LogP contribution in [0.25, 0.3) is 0 Å². The molecule has 0 aliphatic rings. The molecule has 0 saturated carbocycles. The molecule has 0 amide bonds.